The summed E-state index contributed by atoms with van der Waals surface area (Å²) in [5.74, 6) is 0.712. The van der Waals surface area contributed by atoms with E-state index in [4.69, 9.17) is 0 Å². The Labute approximate surface area is 112 Å². The third-order valence-electron chi connectivity index (χ3n) is 3.11. The Hall–Kier alpha value is -1.02. The predicted octanol–water partition coefficient (Wildman–Crippen LogP) is 3.67. The van der Waals surface area contributed by atoms with E-state index in [0.29, 0.717) is 5.92 Å². The van der Waals surface area contributed by atoms with Crippen LogP contribution in [-0.2, 0) is 6.54 Å². The molecule has 0 unspecified atom stereocenters. The summed E-state index contributed by atoms with van der Waals surface area (Å²) >= 11 is 0. The molecule has 0 bridgehead atoms. The second kappa shape index (κ2) is 8.15. The van der Waals surface area contributed by atoms with Gasteiger partial charge in [-0.25, -0.2) is 0 Å². The lowest BCUT2D eigenvalue weighted by Crippen LogP contribution is -2.20. The number of rotatable bonds is 8. The summed E-state index contributed by atoms with van der Waals surface area (Å²) in [7, 11) is 2.17. The van der Waals surface area contributed by atoms with E-state index in [1.54, 1.807) is 0 Å². The van der Waals surface area contributed by atoms with E-state index in [2.05, 4.69) is 62.3 Å². The van der Waals surface area contributed by atoms with E-state index in [0.717, 1.165) is 19.6 Å². The van der Waals surface area contributed by atoms with E-state index in [1.807, 2.05) is 0 Å². The first-order chi connectivity index (χ1) is 8.63. The predicted molar refractivity (Wildman–Crippen MR) is 81.2 cm³/mol. The van der Waals surface area contributed by atoms with Crippen LogP contribution in [0.1, 0.15) is 39.2 Å². The van der Waals surface area contributed by atoms with Crippen LogP contribution in [0.3, 0.4) is 0 Å². The molecule has 2 nitrogen and oxygen atoms in total. The number of nitrogens with one attached hydrogen (secondary N) is 1. The third kappa shape index (κ3) is 5.54. The summed E-state index contributed by atoms with van der Waals surface area (Å²) < 4.78 is 0. The molecule has 0 aliphatic heterocycles. The van der Waals surface area contributed by atoms with Gasteiger partial charge in [0.15, 0.2) is 0 Å². The molecule has 0 amide bonds. The Bertz CT molecular complexity index is 316. The molecular weight excluding hydrogens is 220 g/mol. The Balaban J connectivity index is 2.41. The van der Waals surface area contributed by atoms with Gasteiger partial charge in [0.05, 0.1) is 0 Å². The number of nitrogens with zero attached hydrogens (tertiary/aromatic N) is 1. The Morgan fingerprint density at radius 2 is 1.83 bits per heavy atom. The standard InChI is InChI=1S/C16H28N2/c1-5-6-11-18(4)16-9-7-15(8-10-16)13-17-12-14(2)3/h7-10,14,17H,5-6,11-13H2,1-4H3. The molecule has 0 radical (unpaired) electrons. The number of hydrogen-bond donors (Lipinski definition) is 1. The fourth-order valence-electron chi connectivity index (χ4n) is 1.90. The Kier molecular flexibility index (Phi) is 6.81. The van der Waals surface area contributed by atoms with Crippen molar-refractivity contribution in [2.45, 2.75) is 40.2 Å². The van der Waals surface area contributed by atoms with Gasteiger partial charge < -0.3 is 10.2 Å². The molecule has 1 aromatic carbocycles. The van der Waals surface area contributed by atoms with E-state index in [-0.39, 0.29) is 0 Å². The van der Waals surface area contributed by atoms with Crippen LogP contribution < -0.4 is 10.2 Å². The lowest BCUT2D eigenvalue weighted by molar-refractivity contribution is 0.552. The highest BCUT2D eigenvalue weighted by Gasteiger charge is 2.00. The van der Waals surface area contributed by atoms with Gasteiger partial charge in [0.2, 0.25) is 0 Å². The SMILES string of the molecule is CCCCN(C)c1ccc(CNCC(C)C)cc1. The molecule has 0 saturated heterocycles. The monoisotopic (exact) mass is 248 g/mol. The van der Waals surface area contributed by atoms with Crippen LogP contribution in [0.5, 0.6) is 0 Å². The van der Waals surface area contributed by atoms with Crippen molar-refractivity contribution in [2.75, 3.05) is 25.0 Å². The molecule has 18 heavy (non-hydrogen) atoms. The van der Waals surface area contributed by atoms with Gasteiger partial charge in [0.25, 0.3) is 0 Å². The maximum absolute atomic E-state index is 3.47. The van der Waals surface area contributed by atoms with Gasteiger partial charge in [0, 0.05) is 25.8 Å². The van der Waals surface area contributed by atoms with E-state index in [9.17, 15) is 0 Å². The number of anilines is 1. The zero-order valence-electron chi connectivity index (χ0n) is 12.4. The molecule has 2 heteroatoms. The summed E-state index contributed by atoms with van der Waals surface area (Å²) in [4.78, 5) is 2.33. The van der Waals surface area contributed by atoms with Gasteiger partial charge in [-0.05, 0) is 36.6 Å². The summed E-state index contributed by atoms with van der Waals surface area (Å²) in [6.45, 7) is 9.89. The molecule has 1 N–H and O–H groups in total. The molecular formula is C16H28N2. The van der Waals surface area contributed by atoms with Crippen molar-refractivity contribution in [3.05, 3.63) is 29.8 Å². The van der Waals surface area contributed by atoms with E-state index < -0.39 is 0 Å². The maximum atomic E-state index is 3.47. The molecule has 0 spiro atoms. The van der Waals surface area contributed by atoms with Gasteiger partial charge >= 0.3 is 0 Å². The average Bonchev–Trinajstić information content (AvgIpc) is 2.36. The second-order valence-corrected chi connectivity index (χ2v) is 5.47. The van der Waals surface area contributed by atoms with Crippen molar-refractivity contribution in [1.82, 2.24) is 5.32 Å². The average molecular weight is 248 g/mol. The highest BCUT2D eigenvalue weighted by Crippen LogP contribution is 2.14. The molecule has 102 valence electrons. The molecule has 0 heterocycles. The first-order valence-corrected chi connectivity index (χ1v) is 7.14. The first kappa shape index (κ1) is 15.0. The molecule has 0 saturated carbocycles. The van der Waals surface area contributed by atoms with Crippen LogP contribution in [-0.4, -0.2) is 20.1 Å². The smallest absolute Gasteiger partial charge is 0.0363 e. The first-order valence-electron chi connectivity index (χ1n) is 7.14. The quantitative estimate of drug-likeness (QED) is 0.755. The van der Waals surface area contributed by atoms with Gasteiger partial charge in [-0.15, -0.1) is 0 Å². The van der Waals surface area contributed by atoms with Crippen LogP contribution in [0, 0.1) is 5.92 Å². The topological polar surface area (TPSA) is 15.3 Å². The van der Waals surface area contributed by atoms with Gasteiger partial charge in [0.1, 0.15) is 0 Å². The van der Waals surface area contributed by atoms with Crippen molar-refractivity contribution in [1.29, 1.82) is 0 Å². The normalized spacial score (nSPS) is 10.9. The summed E-state index contributed by atoms with van der Waals surface area (Å²) in [5.41, 5.74) is 2.68. The van der Waals surface area contributed by atoms with Gasteiger partial charge in [-0.1, -0.05) is 39.3 Å². The Morgan fingerprint density at radius 3 is 2.39 bits per heavy atom. The minimum Gasteiger partial charge on any atom is -0.375 e. The molecule has 1 rings (SSSR count). The van der Waals surface area contributed by atoms with Crippen molar-refractivity contribution in [3.8, 4) is 0 Å². The van der Waals surface area contributed by atoms with Crippen molar-refractivity contribution in [3.63, 3.8) is 0 Å². The maximum Gasteiger partial charge on any atom is 0.0363 e. The van der Waals surface area contributed by atoms with Crippen molar-refractivity contribution >= 4 is 5.69 Å². The van der Waals surface area contributed by atoms with E-state index in [1.165, 1.54) is 24.1 Å². The number of benzene rings is 1. The lowest BCUT2D eigenvalue weighted by atomic mass is 10.1. The lowest BCUT2D eigenvalue weighted by Gasteiger charge is -2.19. The van der Waals surface area contributed by atoms with Crippen molar-refractivity contribution in [2.24, 2.45) is 5.92 Å². The second-order valence-electron chi connectivity index (χ2n) is 5.47. The van der Waals surface area contributed by atoms with Crippen LogP contribution in [0.25, 0.3) is 0 Å². The Morgan fingerprint density at radius 1 is 1.17 bits per heavy atom. The van der Waals surface area contributed by atoms with E-state index >= 15 is 0 Å². The van der Waals surface area contributed by atoms with Crippen LogP contribution in [0.15, 0.2) is 24.3 Å². The zero-order valence-corrected chi connectivity index (χ0v) is 12.4. The molecule has 0 aromatic heterocycles. The van der Waals surface area contributed by atoms with Gasteiger partial charge in [-0.2, -0.15) is 0 Å². The van der Waals surface area contributed by atoms with Crippen LogP contribution in [0.4, 0.5) is 5.69 Å². The van der Waals surface area contributed by atoms with Crippen LogP contribution in [0.2, 0.25) is 0 Å². The molecule has 1 aromatic rings. The fraction of sp³-hybridized carbons (Fsp3) is 0.625. The summed E-state index contributed by atoms with van der Waals surface area (Å²) in [6.07, 6.45) is 2.51. The third-order valence-corrected chi connectivity index (χ3v) is 3.11. The number of unbranched alkanes of at least 4 members (excludes halogenated alkanes) is 1. The largest absolute Gasteiger partial charge is 0.375 e. The van der Waals surface area contributed by atoms with Crippen molar-refractivity contribution < 1.29 is 0 Å². The summed E-state index contributed by atoms with van der Waals surface area (Å²) in [6, 6.07) is 8.90. The molecule has 0 aliphatic carbocycles. The molecule has 0 aliphatic rings. The highest BCUT2D eigenvalue weighted by atomic mass is 15.1. The minimum atomic E-state index is 0.712. The molecule has 0 fully saturated rings. The van der Waals surface area contributed by atoms with Gasteiger partial charge in [-0.3, -0.25) is 0 Å². The zero-order chi connectivity index (χ0) is 13.4. The summed E-state index contributed by atoms with van der Waals surface area (Å²) in [5, 5.41) is 3.47. The number of hydrogen-bond acceptors (Lipinski definition) is 2. The molecule has 0 atom stereocenters. The van der Waals surface area contributed by atoms with Crippen LogP contribution >= 0.6 is 0 Å². The minimum absolute atomic E-state index is 0.712. The highest BCUT2D eigenvalue weighted by molar-refractivity contribution is 5.46. The fourth-order valence-corrected chi connectivity index (χ4v) is 1.90.